The van der Waals surface area contributed by atoms with Gasteiger partial charge in [0, 0.05) is 6.42 Å². The molecule has 1 aromatic carbocycles. The van der Waals surface area contributed by atoms with Gasteiger partial charge in [-0.05, 0) is 30.5 Å². The van der Waals surface area contributed by atoms with Gasteiger partial charge in [-0.15, -0.1) is 0 Å². The molecule has 0 saturated carbocycles. The van der Waals surface area contributed by atoms with Crippen molar-refractivity contribution in [3.05, 3.63) is 29.8 Å². The monoisotopic (exact) mass is 617 g/mol. The number of hydrogen-bond acceptors (Lipinski definition) is 3. The van der Waals surface area contributed by atoms with E-state index >= 15 is 0 Å². The van der Waals surface area contributed by atoms with Crippen LogP contribution in [0.5, 0.6) is 5.75 Å². The lowest BCUT2D eigenvalue weighted by Gasteiger charge is -2.20. The first-order chi connectivity index (χ1) is 21.4. The molecule has 0 fully saturated rings. The van der Waals surface area contributed by atoms with Crippen molar-refractivity contribution in [3.63, 3.8) is 0 Å². The molecule has 254 valence electrons. The largest absolute Gasteiger partial charge is 0.494 e. The summed E-state index contributed by atoms with van der Waals surface area (Å²) in [5, 5.41) is 3.44. The lowest BCUT2D eigenvalue weighted by molar-refractivity contribution is -0.472. The molecule has 0 saturated heterocycles. The number of esters is 1. The van der Waals surface area contributed by atoms with Crippen LogP contribution >= 0.6 is 0 Å². The lowest BCUT2D eigenvalue weighted by Crippen LogP contribution is -2.51. The zero-order valence-electron chi connectivity index (χ0n) is 29.8. The van der Waals surface area contributed by atoms with Crippen LogP contribution in [0.15, 0.2) is 24.3 Å². The Morgan fingerprint density at radius 3 is 1.55 bits per heavy atom. The molecule has 44 heavy (non-hydrogen) atoms. The van der Waals surface area contributed by atoms with Crippen molar-refractivity contribution in [1.82, 2.24) is 10.2 Å². The van der Waals surface area contributed by atoms with Crippen LogP contribution in [0, 0.1) is 0 Å². The van der Waals surface area contributed by atoms with E-state index in [4.69, 9.17) is 9.47 Å². The zero-order chi connectivity index (χ0) is 32.3. The molecule has 6 heteroatoms. The fourth-order valence-corrected chi connectivity index (χ4v) is 5.61. The zero-order valence-corrected chi connectivity index (χ0v) is 29.8. The fraction of sp³-hybridized carbons (Fsp3) is 0.789. The molecule has 0 spiro atoms. The van der Waals surface area contributed by atoms with Crippen LogP contribution in [-0.4, -0.2) is 68.9 Å². The second-order valence-electron chi connectivity index (χ2n) is 13.0. The van der Waals surface area contributed by atoms with Crippen LogP contribution in [0.25, 0.3) is 0 Å². The first kappa shape index (κ1) is 39.8. The number of unbranched alkanes of at least 4 members (excludes halogenated alkanes) is 18. The van der Waals surface area contributed by atoms with Crippen LogP contribution in [0.2, 0.25) is 0 Å². The summed E-state index contributed by atoms with van der Waals surface area (Å²) in [5.74, 6) is 1.58. The molecule has 6 nitrogen and oxygen atoms in total. The molecular weight excluding hydrogens is 546 g/mol. The first-order valence-electron chi connectivity index (χ1n) is 18.3. The predicted molar refractivity (Wildman–Crippen MR) is 188 cm³/mol. The number of hydrogen-bond donors (Lipinski definition) is 1. The molecular formula is C38H70N3O3+. The Morgan fingerprint density at radius 2 is 1.11 bits per heavy atom. The van der Waals surface area contributed by atoms with Crippen molar-refractivity contribution in [2.75, 3.05) is 41.4 Å². The van der Waals surface area contributed by atoms with Crippen molar-refractivity contribution in [1.29, 1.82) is 0 Å². The van der Waals surface area contributed by atoms with Crippen molar-refractivity contribution in [3.8, 4) is 5.75 Å². The minimum absolute atomic E-state index is 0.191. The second-order valence-corrected chi connectivity index (χ2v) is 13.0. The van der Waals surface area contributed by atoms with Crippen molar-refractivity contribution >= 4 is 11.9 Å². The summed E-state index contributed by atoms with van der Waals surface area (Å²) in [5.41, 5.74) is 1.08. The number of benzene rings is 1. The van der Waals surface area contributed by atoms with Crippen LogP contribution in [0.3, 0.4) is 0 Å². The average Bonchev–Trinajstić information content (AvgIpc) is 3.00. The van der Waals surface area contributed by atoms with Gasteiger partial charge in [-0.1, -0.05) is 142 Å². The van der Waals surface area contributed by atoms with E-state index in [9.17, 15) is 4.79 Å². The van der Waals surface area contributed by atoms with Gasteiger partial charge in [0.1, 0.15) is 5.75 Å². The van der Waals surface area contributed by atoms with Gasteiger partial charge in [0.05, 0.1) is 41.4 Å². The highest BCUT2D eigenvalue weighted by molar-refractivity contribution is 5.84. The SMILES string of the molecule is CCCCCCCCCCCCOC(=O)[C@H](Cc1ccc(OCCCCCCCCCCCC)cc1)NC(N(C)C)=[N+](C)C. The fourth-order valence-electron chi connectivity index (χ4n) is 5.61. The van der Waals surface area contributed by atoms with E-state index in [1.165, 1.54) is 109 Å². The highest BCUT2D eigenvalue weighted by Crippen LogP contribution is 2.16. The Kier molecular flexibility index (Phi) is 24.5. The highest BCUT2D eigenvalue weighted by Gasteiger charge is 2.27. The van der Waals surface area contributed by atoms with Gasteiger partial charge in [0.25, 0.3) is 0 Å². The summed E-state index contributed by atoms with van der Waals surface area (Å²) >= 11 is 0. The molecule has 1 rings (SSSR count). The number of rotatable bonds is 27. The van der Waals surface area contributed by atoms with Gasteiger partial charge in [-0.3, -0.25) is 14.8 Å². The Morgan fingerprint density at radius 1 is 0.682 bits per heavy atom. The van der Waals surface area contributed by atoms with E-state index in [0.29, 0.717) is 13.0 Å². The Hall–Kier alpha value is -2.24. The number of guanidine groups is 1. The number of nitrogens with zero attached hydrogens (tertiary/aromatic N) is 2. The number of carbonyl (C=O) groups is 1. The Labute approximate surface area is 272 Å². The maximum absolute atomic E-state index is 13.2. The minimum atomic E-state index is -0.462. The van der Waals surface area contributed by atoms with Crippen LogP contribution in [-0.2, 0) is 16.0 Å². The summed E-state index contributed by atoms with van der Waals surface area (Å²) < 4.78 is 13.8. The maximum atomic E-state index is 13.2. The van der Waals surface area contributed by atoms with E-state index in [2.05, 4.69) is 31.3 Å². The summed E-state index contributed by atoms with van der Waals surface area (Å²) in [6.07, 6.45) is 26.4. The van der Waals surface area contributed by atoms with E-state index < -0.39 is 6.04 Å². The quantitative estimate of drug-likeness (QED) is 0.0351. The van der Waals surface area contributed by atoms with Gasteiger partial charge < -0.3 is 9.47 Å². The molecule has 0 aliphatic heterocycles. The number of carbonyl (C=O) groups excluding carboxylic acids is 1. The molecule has 1 aromatic rings. The summed E-state index contributed by atoms with van der Waals surface area (Å²) in [7, 11) is 7.93. The topological polar surface area (TPSA) is 53.8 Å². The third-order valence-corrected chi connectivity index (χ3v) is 8.31. The molecule has 0 unspecified atom stereocenters. The molecule has 0 heterocycles. The van der Waals surface area contributed by atoms with Crippen molar-refractivity contribution < 1.29 is 18.8 Å². The van der Waals surface area contributed by atoms with Gasteiger partial charge in [0.15, 0.2) is 6.04 Å². The first-order valence-corrected chi connectivity index (χ1v) is 18.3. The highest BCUT2D eigenvalue weighted by atomic mass is 16.5. The lowest BCUT2D eigenvalue weighted by atomic mass is 10.1. The van der Waals surface area contributed by atoms with E-state index in [0.717, 1.165) is 43.1 Å². The number of ether oxygens (including phenoxy) is 2. The molecule has 0 radical (unpaired) electrons. The van der Waals surface area contributed by atoms with Gasteiger partial charge in [0.2, 0.25) is 0 Å². The molecule has 1 atom stereocenters. The molecule has 1 N–H and O–H groups in total. The standard InChI is InChI=1S/C38H69N3O3/c1-7-9-11-13-15-17-19-21-23-25-31-43-35-29-27-34(28-30-35)33-36(39-38(40(3)4)41(5)6)37(42)44-32-26-24-22-20-18-16-14-12-10-8-2/h27-30,36H,7-26,31-33H2,1-6H3/p+1/t36-/m0/s1. The number of nitrogens with one attached hydrogen (secondary N) is 1. The van der Waals surface area contributed by atoms with Gasteiger partial charge >= 0.3 is 11.9 Å². The van der Waals surface area contributed by atoms with Gasteiger partial charge in [-0.25, -0.2) is 4.79 Å². The molecule has 0 aromatic heterocycles. The third kappa shape index (κ3) is 20.7. The van der Waals surface area contributed by atoms with Crippen LogP contribution in [0.4, 0.5) is 0 Å². The molecule has 0 aliphatic rings. The van der Waals surface area contributed by atoms with E-state index in [1.54, 1.807) is 0 Å². The van der Waals surface area contributed by atoms with E-state index in [-0.39, 0.29) is 5.97 Å². The second kappa shape index (κ2) is 27.1. The molecule has 0 amide bonds. The van der Waals surface area contributed by atoms with Crippen LogP contribution in [0.1, 0.15) is 148 Å². The Balaban J connectivity index is 2.44. The Bertz CT molecular complexity index is 849. The minimum Gasteiger partial charge on any atom is -0.494 e. The third-order valence-electron chi connectivity index (χ3n) is 8.31. The van der Waals surface area contributed by atoms with E-state index in [1.807, 2.05) is 49.8 Å². The molecule has 0 aliphatic carbocycles. The summed E-state index contributed by atoms with van der Waals surface area (Å²) in [6, 6.07) is 7.74. The van der Waals surface area contributed by atoms with Crippen molar-refractivity contribution in [2.24, 2.45) is 0 Å². The normalized spacial score (nSPS) is 11.7. The maximum Gasteiger partial charge on any atom is 0.347 e. The predicted octanol–water partition coefficient (Wildman–Crippen LogP) is 9.14. The van der Waals surface area contributed by atoms with Crippen LogP contribution < -0.4 is 10.1 Å². The van der Waals surface area contributed by atoms with Gasteiger partial charge in [-0.2, -0.15) is 0 Å². The van der Waals surface area contributed by atoms with Crippen molar-refractivity contribution in [2.45, 2.75) is 155 Å². The molecule has 0 bridgehead atoms. The summed E-state index contributed by atoms with van der Waals surface area (Å²) in [6.45, 7) is 5.78. The smallest absolute Gasteiger partial charge is 0.347 e. The average molecular weight is 617 g/mol. The summed E-state index contributed by atoms with van der Waals surface area (Å²) in [4.78, 5) is 15.2.